The zero-order valence-electron chi connectivity index (χ0n) is 7.61. The number of hydrogen-bond acceptors (Lipinski definition) is 1. The molecule has 0 aliphatic heterocycles. The van der Waals surface area contributed by atoms with Crippen molar-refractivity contribution in [3.8, 4) is 0 Å². The predicted octanol–water partition coefficient (Wildman–Crippen LogP) is 3.22. The third-order valence-corrected chi connectivity index (χ3v) is 2.05. The van der Waals surface area contributed by atoms with Gasteiger partial charge in [0.1, 0.15) is 0 Å². The Bertz CT molecular complexity index is 74.0. The van der Waals surface area contributed by atoms with E-state index in [0.29, 0.717) is 0 Å². The summed E-state index contributed by atoms with van der Waals surface area (Å²) in [5.41, 5.74) is 0. The lowest BCUT2D eigenvalue weighted by molar-refractivity contribution is 0.129. The Kier molecular flexibility index (Phi) is 8.88. The van der Waals surface area contributed by atoms with Gasteiger partial charge in [0.2, 0.25) is 0 Å². The van der Waals surface area contributed by atoms with Crippen LogP contribution in [-0.2, 0) is 4.74 Å². The molecule has 0 bridgehead atoms. The molecule has 2 heteroatoms. The van der Waals surface area contributed by atoms with Gasteiger partial charge in [0.05, 0.1) is 0 Å². The van der Waals surface area contributed by atoms with E-state index in [-0.39, 0.29) is 0 Å². The minimum absolute atomic E-state index is 0.815. The van der Waals surface area contributed by atoms with Crippen LogP contribution in [0.2, 0.25) is 0 Å². The molecular formula is C9H19BrO. The van der Waals surface area contributed by atoms with Crippen molar-refractivity contribution in [2.24, 2.45) is 5.92 Å². The lowest BCUT2D eigenvalue weighted by Gasteiger charge is -2.04. The highest BCUT2D eigenvalue weighted by Crippen LogP contribution is 2.03. The molecule has 0 saturated heterocycles. The molecule has 0 saturated carbocycles. The fourth-order valence-corrected chi connectivity index (χ4v) is 1.08. The predicted molar refractivity (Wildman–Crippen MR) is 53.3 cm³/mol. The zero-order valence-corrected chi connectivity index (χ0v) is 9.19. The van der Waals surface area contributed by atoms with Crippen molar-refractivity contribution in [2.75, 3.05) is 18.5 Å². The van der Waals surface area contributed by atoms with Crippen molar-refractivity contribution in [3.63, 3.8) is 0 Å². The van der Waals surface area contributed by atoms with Crippen molar-refractivity contribution >= 4 is 15.9 Å². The van der Waals surface area contributed by atoms with E-state index in [1.54, 1.807) is 0 Å². The van der Waals surface area contributed by atoms with E-state index in [1.165, 1.54) is 12.8 Å². The van der Waals surface area contributed by atoms with Crippen LogP contribution in [-0.4, -0.2) is 18.5 Å². The molecule has 0 N–H and O–H groups in total. The molecule has 0 aromatic rings. The van der Waals surface area contributed by atoms with E-state index in [0.717, 1.165) is 30.9 Å². The van der Waals surface area contributed by atoms with Crippen LogP contribution in [0.15, 0.2) is 0 Å². The Morgan fingerprint density at radius 3 is 2.36 bits per heavy atom. The topological polar surface area (TPSA) is 9.23 Å². The van der Waals surface area contributed by atoms with Crippen LogP contribution in [0, 0.1) is 5.92 Å². The Hall–Kier alpha value is 0.440. The molecule has 1 nitrogen and oxygen atoms in total. The van der Waals surface area contributed by atoms with Gasteiger partial charge in [-0.2, -0.15) is 0 Å². The van der Waals surface area contributed by atoms with E-state index in [9.17, 15) is 0 Å². The second-order valence-electron chi connectivity index (χ2n) is 3.19. The number of rotatable bonds is 7. The summed E-state index contributed by atoms with van der Waals surface area (Å²) in [6, 6.07) is 0. The molecule has 68 valence electrons. The van der Waals surface area contributed by atoms with Gasteiger partial charge in [-0.1, -0.05) is 29.8 Å². The SMILES string of the molecule is CC(C)CCCOCCCBr. The highest BCUT2D eigenvalue weighted by Gasteiger charge is 1.93. The quantitative estimate of drug-likeness (QED) is 0.475. The Balaban J connectivity index is 2.80. The van der Waals surface area contributed by atoms with Gasteiger partial charge in [0.25, 0.3) is 0 Å². The lowest BCUT2D eigenvalue weighted by atomic mass is 10.1. The van der Waals surface area contributed by atoms with Gasteiger partial charge in [-0.05, 0) is 25.2 Å². The summed E-state index contributed by atoms with van der Waals surface area (Å²) >= 11 is 3.36. The van der Waals surface area contributed by atoms with Crippen LogP contribution in [0.1, 0.15) is 33.1 Å². The van der Waals surface area contributed by atoms with Gasteiger partial charge >= 0.3 is 0 Å². The Morgan fingerprint density at radius 2 is 1.82 bits per heavy atom. The standard InChI is InChI=1S/C9H19BrO/c1-9(2)5-3-7-11-8-4-6-10/h9H,3-8H2,1-2H3. The highest BCUT2D eigenvalue weighted by molar-refractivity contribution is 9.09. The molecule has 0 aromatic heterocycles. The third kappa shape index (κ3) is 10.4. The largest absolute Gasteiger partial charge is 0.381 e. The first-order valence-corrected chi connectivity index (χ1v) is 5.53. The number of alkyl halides is 1. The molecule has 11 heavy (non-hydrogen) atoms. The molecule has 0 fully saturated rings. The maximum atomic E-state index is 5.39. The van der Waals surface area contributed by atoms with Crippen molar-refractivity contribution in [1.82, 2.24) is 0 Å². The minimum Gasteiger partial charge on any atom is -0.381 e. The number of halogens is 1. The van der Waals surface area contributed by atoms with E-state index in [4.69, 9.17) is 4.74 Å². The summed E-state index contributed by atoms with van der Waals surface area (Å²) in [6.07, 6.45) is 3.62. The molecule has 0 aliphatic carbocycles. The van der Waals surface area contributed by atoms with Gasteiger partial charge in [-0.3, -0.25) is 0 Å². The molecule has 0 radical (unpaired) electrons. The number of hydrogen-bond donors (Lipinski definition) is 0. The summed E-state index contributed by atoms with van der Waals surface area (Å²) in [7, 11) is 0. The second-order valence-corrected chi connectivity index (χ2v) is 3.98. The van der Waals surface area contributed by atoms with Crippen molar-refractivity contribution < 1.29 is 4.74 Å². The fraction of sp³-hybridized carbons (Fsp3) is 1.00. The van der Waals surface area contributed by atoms with Gasteiger partial charge in [-0.15, -0.1) is 0 Å². The maximum absolute atomic E-state index is 5.39. The molecule has 0 amide bonds. The van der Waals surface area contributed by atoms with Crippen LogP contribution < -0.4 is 0 Å². The molecule has 0 rings (SSSR count). The van der Waals surface area contributed by atoms with Crippen molar-refractivity contribution in [3.05, 3.63) is 0 Å². The molecule has 0 spiro atoms. The summed E-state index contributed by atoms with van der Waals surface area (Å²) in [5, 5.41) is 1.05. The van der Waals surface area contributed by atoms with E-state index in [1.807, 2.05) is 0 Å². The fourth-order valence-electron chi connectivity index (χ4n) is 0.852. The smallest absolute Gasteiger partial charge is 0.0474 e. The number of ether oxygens (including phenoxy) is 1. The lowest BCUT2D eigenvalue weighted by Crippen LogP contribution is -1.99. The third-order valence-electron chi connectivity index (χ3n) is 1.49. The average Bonchev–Trinajstić information content (AvgIpc) is 1.96. The van der Waals surface area contributed by atoms with Crippen LogP contribution in [0.5, 0.6) is 0 Å². The molecule has 0 atom stereocenters. The van der Waals surface area contributed by atoms with Gasteiger partial charge in [-0.25, -0.2) is 0 Å². The Morgan fingerprint density at radius 1 is 1.18 bits per heavy atom. The van der Waals surface area contributed by atoms with Gasteiger partial charge in [0, 0.05) is 18.5 Å². The van der Waals surface area contributed by atoms with Crippen LogP contribution in [0.3, 0.4) is 0 Å². The van der Waals surface area contributed by atoms with Gasteiger partial charge < -0.3 is 4.74 Å². The Labute approximate surface area is 78.6 Å². The molecule has 0 aromatic carbocycles. The summed E-state index contributed by atoms with van der Waals surface area (Å²) < 4.78 is 5.39. The molecule has 0 aliphatic rings. The highest BCUT2D eigenvalue weighted by atomic mass is 79.9. The first-order valence-electron chi connectivity index (χ1n) is 4.41. The first-order chi connectivity index (χ1) is 5.27. The maximum Gasteiger partial charge on any atom is 0.0474 e. The molecular weight excluding hydrogens is 204 g/mol. The van der Waals surface area contributed by atoms with Crippen molar-refractivity contribution in [1.29, 1.82) is 0 Å². The van der Waals surface area contributed by atoms with Crippen molar-refractivity contribution in [2.45, 2.75) is 33.1 Å². The molecule has 0 heterocycles. The first kappa shape index (κ1) is 11.4. The van der Waals surface area contributed by atoms with Crippen LogP contribution in [0.25, 0.3) is 0 Å². The van der Waals surface area contributed by atoms with E-state index < -0.39 is 0 Å². The summed E-state index contributed by atoms with van der Waals surface area (Å²) in [6.45, 7) is 6.34. The van der Waals surface area contributed by atoms with E-state index in [2.05, 4.69) is 29.8 Å². The molecule has 0 unspecified atom stereocenters. The summed E-state index contributed by atoms with van der Waals surface area (Å²) in [4.78, 5) is 0. The van der Waals surface area contributed by atoms with E-state index >= 15 is 0 Å². The van der Waals surface area contributed by atoms with Crippen LogP contribution >= 0.6 is 15.9 Å². The second kappa shape index (κ2) is 8.54. The monoisotopic (exact) mass is 222 g/mol. The normalized spacial score (nSPS) is 10.9. The average molecular weight is 223 g/mol. The minimum atomic E-state index is 0.815. The summed E-state index contributed by atoms with van der Waals surface area (Å²) in [5.74, 6) is 0.815. The zero-order chi connectivity index (χ0) is 8.53. The van der Waals surface area contributed by atoms with Gasteiger partial charge in [0.15, 0.2) is 0 Å². The van der Waals surface area contributed by atoms with Crippen LogP contribution in [0.4, 0.5) is 0 Å².